The van der Waals surface area contributed by atoms with Crippen molar-refractivity contribution in [2.75, 3.05) is 0 Å². The molecule has 0 radical (unpaired) electrons. The first-order valence-electron chi connectivity index (χ1n) is 23.6. The molecule has 1 spiro atoms. The van der Waals surface area contributed by atoms with Gasteiger partial charge in [-0.05, 0) is 116 Å². The predicted octanol–water partition coefficient (Wildman–Crippen LogP) is 16.6. The van der Waals surface area contributed by atoms with Crippen molar-refractivity contribution in [2.24, 2.45) is 0 Å². The summed E-state index contributed by atoms with van der Waals surface area (Å²) in [4.78, 5) is 15.2. The quantitative estimate of drug-likeness (QED) is 0.175. The van der Waals surface area contributed by atoms with Crippen molar-refractivity contribution in [3.63, 3.8) is 0 Å². The monoisotopic (exact) mass is 893 g/mol. The summed E-state index contributed by atoms with van der Waals surface area (Å²) in [6.45, 7) is 0. The second-order valence-corrected chi connectivity index (χ2v) is 18.6. The molecule has 0 unspecified atom stereocenters. The lowest BCUT2D eigenvalue weighted by molar-refractivity contribution is 0.666. The molecule has 0 saturated carbocycles. The molecule has 10 aromatic carbocycles. The van der Waals surface area contributed by atoms with E-state index in [0.717, 1.165) is 93.6 Å². The minimum Gasteiger partial charge on any atom is -0.456 e. The highest BCUT2D eigenvalue weighted by molar-refractivity contribution is 6.16. The fourth-order valence-corrected chi connectivity index (χ4v) is 11.9. The third kappa shape index (κ3) is 5.08. The van der Waals surface area contributed by atoms with Gasteiger partial charge in [-0.25, -0.2) is 15.0 Å². The SMILES string of the molecule is c1ccc(-c2nc(-c3cccc(-c4ccc5c(c4)oc4ccc6c(c45)C4(c5ccccc5-c5ccccc54)c4cc5oc7ccccc7c5cc4-6)c3)nc(-c3ccc4c(c3)oc3ccccc34)n2)cc1. The van der Waals surface area contributed by atoms with Gasteiger partial charge in [0, 0.05) is 49.0 Å². The van der Waals surface area contributed by atoms with Crippen LogP contribution in [-0.2, 0) is 5.41 Å². The first-order chi connectivity index (χ1) is 34.7. The van der Waals surface area contributed by atoms with E-state index in [1.54, 1.807) is 0 Å². The number of aromatic nitrogens is 3. The minimum absolute atomic E-state index is 0.572. The molecule has 6 heteroatoms. The van der Waals surface area contributed by atoms with Crippen LogP contribution >= 0.6 is 0 Å². The lowest BCUT2D eigenvalue weighted by atomic mass is 9.69. The number of nitrogens with zero attached hydrogens (tertiary/aromatic N) is 3. The summed E-state index contributed by atoms with van der Waals surface area (Å²) >= 11 is 0. The van der Waals surface area contributed by atoms with E-state index < -0.39 is 5.41 Å². The Labute approximate surface area is 399 Å². The van der Waals surface area contributed by atoms with Crippen LogP contribution in [0.5, 0.6) is 0 Å². The second-order valence-electron chi connectivity index (χ2n) is 18.6. The number of hydrogen-bond donors (Lipinski definition) is 0. The van der Waals surface area contributed by atoms with E-state index in [2.05, 4.69) is 152 Å². The van der Waals surface area contributed by atoms with Gasteiger partial charge in [0.15, 0.2) is 17.5 Å². The zero-order chi connectivity index (χ0) is 45.7. The maximum Gasteiger partial charge on any atom is 0.164 e. The van der Waals surface area contributed by atoms with Crippen molar-refractivity contribution < 1.29 is 13.3 Å². The summed E-state index contributed by atoms with van der Waals surface area (Å²) in [5.74, 6) is 1.75. The number of furan rings is 3. The van der Waals surface area contributed by atoms with Crippen molar-refractivity contribution in [3.8, 4) is 67.5 Å². The Hall–Kier alpha value is -9.39. The number of benzene rings is 10. The molecule has 4 aromatic heterocycles. The van der Waals surface area contributed by atoms with Gasteiger partial charge in [0.05, 0.1) is 5.41 Å². The van der Waals surface area contributed by atoms with Crippen LogP contribution in [0, 0.1) is 0 Å². The van der Waals surface area contributed by atoms with E-state index in [4.69, 9.17) is 28.2 Å². The molecular formula is C64H35N3O3. The van der Waals surface area contributed by atoms with Gasteiger partial charge in [-0.1, -0.05) is 152 Å². The van der Waals surface area contributed by atoms with E-state index in [1.807, 2.05) is 60.7 Å². The Bertz CT molecular complexity index is 4510. The van der Waals surface area contributed by atoms with Crippen LogP contribution in [0.2, 0.25) is 0 Å². The van der Waals surface area contributed by atoms with Crippen molar-refractivity contribution in [3.05, 3.63) is 235 Å². The number of fused-ring (bicyclic) bond motifs is 20. The van der Waals surface area contributed by atoms with Crippen molar-refractivity contribution in [1.29, 1.82) is 0 Å². The van der Waals surface area contributed by atoms with Crippen molar-refractivity contribution in [1.82, 2.24) is 15.0 Å². The molecule has 4 heterocycles. The summed E-state index contributed by atoms with van der Waals surface area (Å²) in [7, 11) is 0. The topological polar surface area (TPSA) is 78.1 Å². The maximum absolute atomic E-state index is 6.97. The van der Waals surface area contributed by atoms with Gasteiger partial charge >= 0.3 is 0 Å². The average molecular weight is 894 g/mol. The molecule has 0 amide bonds. The molecule has 0 atom stereocenters. The molecule has 2 aliphatic carbocycles. The normalized spacial score (nSPS) is 13.3. The van der Waals surface area contributed by atoms with Gasteiger partial charge in [-0.2, -0.15) is 0 Å². The summed E-state index contributed by atoms with van der Waals surface area (Å²) < 4.78 is 19.9. The van der Waals surface area contributed by atoms with Crippen LogP contribution in [-0.4, -0.2) is 15.0 Å². The van der Waals surface area contributed by atoms with Crippen molar-refractivity contribution >= 4 is 65.8 Å². The number of rotatable bonds is 4. The van der Waals surface area contributed by atoms with Crippen LogP contribution < -0.4 is 0 Å². The van der Waals surface area contributed by atoms with E-state index >= 15 is 0 Å². The Morgan fingerprint density at radius 2 is 0.786 bits per heavy atom. The van der Waals surface area contributed by atoms with Crippen molar-refractivity contribution in [2.45, 2.75) is 5.41 Å². The fraction of sp³-hybridized carbons (Fsp3) is 0.0156. The zero-order valence-electron chi connectivity index (χ0n) is 37.3. The van der Waals surface area contributed by atoms with Gasteiger partial charge in [-0.15, -0.1) is 0 Å². The Kier molecular flexibility index (Phi) is 7.45. The highest BCUT2D eigenvalue weighted by Gasteiger charge is 2.53. The van der Waals surface area contributed by atoms with E-state index in [-0.39, 0.29) is 0 Å². The summed E-state index contributed by atoms with van der Waals surface area (Å²) in [6.07, 6.45) is 0. The summed E-state index contributed by atoms with van der Waals surface area (Å²) in [6, 6.07) is 74.8. The third-order valence-electron chi connectivity index (χ3n) is 14.9. The lowest BCUT2D eigenvalue weighted by Gasteiger charge is -2.31. The molecule has 2 aliphatic rings. The molecule has 0 aliphatic heterocycles. The minimum atomic E-state index is -0.603. The number of para-hydroxylation sites is 2. The highest BCUT2D eigenvalue weighted by Crippen LogP contribution is 2.65. The second kappa shape index (κ2) is 13.8. The Morgan fingerprint density at radius 1 is 0.271 bits per heavy atom. The zero-order valence-corrected chi connectivity index (χ0v) is 37.3. The van der Waals surface area contributed by atoms with Gasteiger partial charge in [0.1, 0.15) is 33.5 Å². The van der Waals surface area contributed by atoms with Crippen LogP contribution in [0.3, 0.4) is 0 Å². The van der Waals surface area contributed by atoms with Crippen LogP contribution in [0.15, 0.2) is 226 Å². The average Bonchev–Trinajstić information content (AvgIpc) is 4.22. The van der Waals surface area contributed by atoms with E-state index in [1.165, 1.54) is 44.5 Å². The predicted molar refractivity (Wildman–Crippen MR) is 280 cm³/mol. The largest absolute Gasteiger partial charge is 0.456 e. The Morgan fingerprint density at radius 3 is 1.54 bits per heavy atom. The standard InChI is InChI=1S/C64H35N3O3/c1-2-13-36(14-3-1)61-65-62(67-63(66-61)40-26-27-45-43-19-6-10-23-53(43)68-56(45)33-40)39-16-12-15-37(31-39)38-25-28-47-57(32-38)70-55-30-29-46-48-34-49-44-20-7-11-24-54(44)69-58(49)35-52(48)64(60(46)59(47)55)50-21-8-4-17-41(50)42-18-5-9-22-51(42)64/h1-35H. The molecule has 0 fully saturated rings. The molecule has 70 heavy (non-hydrogen) atoms. The summed E-state index contributed by atoms with van der Waals surface area (Å²) in [5.41, 5.74) is 19.2. The van der Waals surface area contributed by atoms with Gasteiger partial charge in [0.2, 0.25) is 0 Å². The molecule has 0 N–H and O–H groups in total. The molecule has 6 nitrogen and oxygen atoms in total. The molecule has 0 saturated heterocycles. The Balaban J connectivity index is 0.866. The third-order valence-corrected chi connectivity index (χ3v) is 14.9. The molecular weight excluding hydrogens is 859 g/mol. The maximum atomic E-state index is 6.97. The first-order valence-corrected chi connectivity index (χ1v) is 23.6. The fourth-order valence-electron chi connectivity index (χ4n) is 11.9. The molecule has 324 valence electrons. The van der Waals surface area contributed by atoms with E-state index in [0.29, 0.717) is 17.5 Å². The highest BCUT2D eigenvalue weighted by atomic mass is 16.3. The smallest absolute Gasteiger partial charge is 0.164 e. The van der Waals surface area contributed by atoms with Gasteiger partial charge in [0.25, 0.3) is 0 Å². The molecule has 14 aromatic rings. The first kappa shape index (κ1) is 37.7. The molecule has 16 rings (SSSR count). The van der Waals surface area contributed by atoms with Crippen LogP contribution in [0.1, 0.15) is 22.3 Å². The van der Waals surface area contributed by atoms with Gasteiger partial charge < -0.3 is 13.3 Å². The van der Waals surface area contributed by atoms with Gasteiger partial charge in [-0.3, -0.25) is 0 Å². The lowest BCUT2D eigenvalue weighted by Crippen LogP contribution is -2.26. The van der Waals surface area contributed by atoms with Crippen LogP contribution in [0.4, 0.5) is 0 Å². The van der Waals surface area contributed by atoms with Crippen LogP contribution in [0.25, 0.3) is 133 Å². The number of hydrogen-bond acceptors (Lipinski definition) is 6. The summed E-state index contributed by atoms with van der Waals surface area (Å²) in [5, 5.41) is 6.58. The molecule has 0 bridgehead atoms. The van der Waals surface area contributed by atoms with E-state index in [9.17, 15) is 0 Å².